The fourth-order valence-corrected chi connectivity index (χ4v) is 12.9. The van der Waals surface area contributed by atoms with Gasteiger partial charge >= 0.3 is 0 Å². The summed E-state index contributed by atoms with van der Waals surface area (Å²) in [5, 5.41) is 9.98. The summed E-state index contributed by atoms with van der Waals surface area (Å²) in [6.07, 6.45) is 7.83. The summed E-state index contributed by atoms with van der Waals surface area (Å²) in [7, 11) is -2.42. The summed E-state index contributed by atoms with van der Waals surface area (Å²) in [6.45, 7) is 12.4. The first kappa shape index (κ1) is 51.9. The Labute approximate surface area is 443 Å². The molecule has 4 fully saturated rings. The fourth-order valence-electron chi connectivity index (χ4n) is 10.7. The molecule has 10 rings (SSSR count). The number of carbonyl (C=O) groups is 4. The van der Waals surface area contributed by atoms with Gasteiger partial charge in [0.05, 0.1) is 29.6 Å². The lowest BCUT2D eigenvalue weighted by atomic mass is 10.0. The van der Waals surface area contributed by atoms with E-state index < -0.39 is 56.2 Å². The van der Waals surface area contributed by atoms with Crippen LogP contribution in [0.15, 0.2) is 84.3 Å². The monoisotopic (exact) mass is 1060 g/mol. The van der Waals surface area contributed by atoms with Crippen molar-refractivity contribution >= 4 is 67.3 Å². The van der Waals surface area contributed by atoms with Crippen LogP contribution in [-0.4, -0.2) is 120 Å². The van der Waals surface area contributed by atoms with Gasteiger partial charge in [-0.05, 0) is 108 Å². The average molecular weight is 1060 g/mol. The number of pyridine rings is 1. The topological polar surface area (TPSA) is 192 Å². The average Bonchev–Trinajstić information content (AvgIpc) is 4.18. The molecule has 5 aromatic rings. The first-order chi connectivity index (χ1) is 36.0. The van der Waals surface area contributed by atoms with Gasteiger partial charge in [-0.3, -0.25) is 23.9 Å². The summed E-state index contributed by atoms with van der Waals surface area (Å²) in [5.74, 6) is -0.870. The van der Waals surface area contributed by atoms with Crippen LogP contribution in [0.3, 0.4) is 0 Å². The first-order valence-electron chi connectivity index (χ1n) is 26.4. The predicted octanol–water partition coefficient (Wildman–Crippen LogP) is 8.29. The van der Waals surface area contributed by atoms with E-state index in [1.54, 1.807) is 31.1 Å². The van der Waals surface area contributed by atoms with Crippen LogP contribution in [0.1, 0.15) is 112 Å². The van der Waals surface area contributed by atoms with E-state index in [9.17, 15) is 18.0 Å². The van der Waals surface area contributed by atoms with Crippen molar-refractivity contribution in [3.63, 3.8) is 0 Å². The maximum atomic E-state index is 15.4. The molecular weight excluding hydrogens is 989 g/mol. The number of aromatic nitrogens is 2. The lowest BCUT2D eigenvalue weighted by molar-refractivity contribution is -0.140. The van der Waals surface area contributed by atoms with Gasteiger partial charge in [0.25, 0.3) is 11.8 Å². The number of amides is 4. The van der Waals surface area contributed by atoms with E-state index in [4.69, 9.17) is 19.4 Å². The van der Waals surface area contributed by atoms with Crippen molar-refractivity contribution in [1.82, 2.24) is 29.8 Å². The molecule has 2 aromatic heterocycles. The molecule has 75 heavy (non-hydrogen) atoms. The number of hydrogen-bond acceptors (Lipinski definition) is 13. The number of rotatable bonds is 12. The van der Waals surface area contributed by atoms with Crippen LogP contribution in [0.4, 0.5) is 11.4 Å². The summed E-state index contributed by atoms with van der Waals surface area (Å²) < 4.78 is 40.9. The number of nitrogens with zero attached hydrogens (tertiary/aromatic N) is 5. The minimum Gasteiger partial charge on any atom is -0.496 e. The van der Waals surface area contributed by atoms with Crippen molar-refractivity contribution in [2.75, 3.05) is 50.1 Å². The Morgan fingerprint density at radius 2 is 1.71 bits per heavy atom. The van der Waals surface area contributed by atoms with Crippen molar-refractivity contribution in [3.8, 4) is 22.2 Å². The Bertz CT molecular complexity index is 3150. The number of thiazole rings is 1. The third-order valence-electron chi connectivity index (χ3n) is 15.9. The molecule has 0 spiro atoms. The first-order valence-corrected chi connectivity index (χ1v) is 28.8. The maximum absolute atomic E-state index is 15.4. The third kappa shape index (κ3) is 10.7. The largest absolute Gasteiger partial charge is 0.496 e. The van der Waals surface area contributed by atoms with Crippen LogP contribution in [0.25, 0.3) is 21.6 Å². The normalized spacial score (nSPS) is 24.3. The highest BCUT2D eigenvalue weighted by atomic mass is 32.2. The number of allylic oxidation sites excluding steroid dienone is 1. The molecule has 4 amide bonds. The van der Waals surface area contributed by atoms with Crippen LogP contribution in [0, 0.1) is 19.8 Å². The van der Waals surface area contributed by atoms with Gasteiger partial charge in [0.1, 0.15) is 45.9 Å². The molecule has 16 nitrogen and oxygen atoms in total. The molecule has 2 saturated heterocycles. The molecular formula is C57H68N8O8S2. The Morgan fingerprint density at radius 3 is 2.43 bits per heavy atom. The molecule has 5 heterocycles. The molecule has 0 bridgehead atoms. The molecule has 3 aromatic carbocycles. The highest BCUT2D eigenvalue weighted by Gasteiger charge is 2.63. The van der Waals surface area contributed by atoms with Crippen LogP contribution in [-0.2, 0) is 24.4 Å². The molecule has 0 unspecified atom stereocenters. The van der Waals surface area contributed by atoms with Gasteiger partial charge in [0.2, 0.25) is 21.8 Å². The van der Waals surface area contributed by atoms with E-state index in [2.05, 4.69) is 65.3 Å². The number of aryl methyl sites for hydroxylation is 2. The zero-order valence-corrected chi connectivity index (χ0v) is 45.3. The van der Waals surface area contributed by atoms with Gasteiger partial charge in [0.15, 0.2) is 0 Å². The molecule has 5 aliphatic rings. The standard InChI is InChI=1S/C57H68N8O8S2/c1-35(2)46-34-74-52(60-46)45-31-49(43-21-22-48(72-6)37(4)50(43)59-45)73-42-30-47-51(66)61-57(55(69)62-75(70,71)56(5)23-24-56)32-39(57)14-10-8-7-9-11-16-44(54(68)65(47)33-42)58-40-15-12-13-38(29-40)53(67)64-27-25-63(26-28-64)41-19-17-36(3)18-20-41/h10,12-15,17-22,29,31,34-35,39,42,44,47,58H,7-9,11,16,23-28,30,32-33H2,1-6H3,(H,61,66)(H,62,69)/b14-10-/t39-,42+,44-,47-,57+/m0/s1. The van der Waals surface area contributed by atoms with Crippen LogP contribution in [0.5, 0.6) is 11.5 Å². The number of fused-ring (bicyclic) bond motifs is 3. The number of sulfonamides is 1. The molecule has 2 aliphatic carbocycles. The maximum Gasteiger partial charge on any atom is 0.259 e. The highest BCUT2D eigenvalue weighted by molar-refractivity contribution is 7.91. The molecule has 0 radical (unpaired) electrons. The lowest BCUT2D eigenvalue weighted by Crippen LogP contribution is -2.58. The number of carbonyl (C=O) groups excluding carboxylic acids is 4. The molecule has 5 atom stereocenters. The zero-order valence-electron chi connectivity index (χ0n) is 43.7. The van der Waals surface area contributed by atoms with E-state index in [0.29, 0.717) is 97.6 Å². The number of methoxy groups -OCH3 is 1. The second kappa shape index (κ2) is 20.9. The Kier molecular flexibility index (Phi) is 14.5. The second-order valence-electron chi connectivity index (χ2n) is 21.6. The van der Waals surface area contributed by atoms with Gasteiger partial charge < -0.3 is 34.8 Å². The third-order valence-corrected chi connectivity index (χ3v) is 18.9. The van der Waals surface area contributed by atoms with Gasteiger partial charge in [0, 0.05) is 77.9 Å². The van der Waals surface area contributed by atoms with Crippen LogP contribution < -0.4 is 29.7 Å². The summed E-state index contributed by atoms with van der Waals surface area (Å²) in [6, 6.07) is 19.4. The molecule has 2 saturated carbocycles. The molecule has 18 heteroatoms. The lowest BCUT2D eigenvalue weighted by Gasteiger charge is -2.36. The number of piperazine rings is 1. The van der Waals surface area contributed by atoms with E-state index >= 15 is 9.59 Å². The van der Waals surface area contributed by atoms with Gasteiger partial charge in [-0.1, -0.05) is 62.6 Å². The zero-order chi connectivity index (χ0) is 52.8. The summed E-state index contributed by atoms with van der Waals surface area (Å²) >= 11 is 1.49. The molecule has 396 valence electrons. The quantitative estimate of drug-likeness (QED) is 0.102. The van der Waals surface area contributed by atoms with Crippen molar-refractivity contribution in [3.05, 3.63) is 107 Å². The van der Waals surface area contributed by atoms with Gasteiger partial charge in [-0.15, -0.1) is 11.3 Å². The van der Waals surface area contributed by atoms with Crippen molar-refractivity contribution in [2.24, 2.45) is 5.92 Å². The van der Waals surface area contributed by atoms with E-state index in [1.807, 2.05) is 59.7 Å². The SMILES string of the molecule is COc1ccc2c(O[C@@H]3C[C@H]4C(=O)N[C@]5(C(=O)NS(=O)(=O)C6(C)CC6)C[C@@H]5/C=C\CCCCC[C@H](Nc5cccc(C(=O)N6CCN(c7ccc(C)cc7)CC6)c5)C(=O)N4C3)cc(-c3nc(C(C)C)cs3)nc2c1C. The second-order valence-corrected chi connectivity index (χ2v) is 24.7. The molecule has 3 aliphatic heterocycles. The number of anilines is 2. The summed E-state index contributed by atoms with van der Waals surface area (Å²) in [5.41, 5.74) is 4.92. The van der Waals surface area contributed by atoms with E-state index in [1.165, 1.54) is 16.9 Å². The van der Waals surface area contributed by atoms with Crippen LogP contribution in [0.2, 0.25) is 0 Å². The highest BCUT2D eigenvalue weighted by Crippen LogP contribution is 2.48. The van der Waals surface area contributed by atoms with Gasteiger partial charge in [-0.25, -0.2) is 18.4 Å². The number of hydrogen-bond donors (Lipinski definition) is 3. The Morgan fingerprint density at radius 1 is 0.933 bits per heavy atom. The predicted molar refractivity (Wildman–Crippen MR) is 292 cm³/mol. The number of benzene rings is 3. The number of nitrogens with one attached hydrogen (secondary N) is 3. The van der Waals surface area contributed by atoms with E-state index in [0.717, 1.165) is 34.8 Å². The van der Waals surface area contributed by atoms with E-state index in [-0.39, 0.29) is 37.1 Å². The van der Waals surface area contributed by atoms with Gasteiger partial charge in [-0.2, -0.15) is 0 Å². The van der Waals surface area contributed by atoms with Crippen LogP contribution >= 0.6 is 11.3 Å². The minimum atomic E-state index is -4.03. The summed E-state index contributed by atoms with van der Waals surface area (Å²) in [4.78, 5) is 74.5. The Balaban J connectivity index is 0.954. The fraction of sp³-hybridized carbons (Fsp3) is 0.474. The van der Waals surface area contributed by atoms with Crippen molar-refractivity contribution in [1.29, 1.82) is 0 Å². The Hall–Kier alpha value is -6.53. The smallest absolute Gasteiger partial charge is 0.259 e. The minimum absolute atomic E-state index is 0.0283. The van der Waals surface area contributed by atoms with Crippen molar-refractivity contribution in [2.45, 2.75) is 127 Å². The molecule has 3 N–H and O–H groups in total. The number of ether oxygens (including phenoxy) is 2. The van der Waals surface area contributed by atoms with Crippen molar-refractivity contribution < 1.29 is 37.1 Å².